The molecule has 0 spiro atoms. The molecule has 2 fully saturated rings. The smallest absolute Gasteiger partial charge is 0.119 e. The molecule has 0 aliphatic heterocycles. The van der Waals surface area contributed by atoms with Crippen molar-refractivity contribution in [2.24, 2.45) is 17.3 Å². The van der Waals surface area contributed by atoms with E-state index in [2.05, 4.69) is 70.2 Å². The van der Waals surface area contributed by atoms with E-state index in [0.29, 0.717) is 11.3 Å². The summed E-state index contributed by atoms with van der Waals surface area (Å²) in [5.41, 5.74) is 6.28. The molecule has 2 aromatic carbocycles. The van der Waals surface area contributed by atoms with E-state index in [4.69, 9.17) is 4.74 Å². The number of hydrogen-bond acceptors (Lipinski definition) is 1. The molecule has 2 aliphatic carbocycles. The van der Waals surface area contributed by atoms with E-state index in [0.717, 1.165) is 30.6 Å². The minimum absolute atomic E-state index is 0.658. The molecule has 4 rings (SSSR count). The highest BCUT2D eigenvalue weighted by Gasteiger charge is 2.41. The monoisotopic (exact) mass is 502 g/mol. The largest absolute Gasteiger partial charge is 0.494 e. The predicted molar refractivity (Wildman–Crippen MR) is 161 cm³/mol. The summed E-state index contributed by atoms with van der Waals surface area (Å²) >= 11 is 0. The van der Waals surface area contributed by atoms with Gasteiger partial charge in [-0.05, 0) is 116 Å². The third-order valence-electron chi connectivity index (χ3n) is 10.2. The first-order chi connectivity index (χ1) is 18.1. The lowest BCUT2D eigenvalue weighted by Crippen LogP contribution is -2.36. The molecule has 0 aromatic heterocycles. The van der Waals surface area contributed by atoms with E-state index >= 15 is 0 Å². The van der Waals surface area contributed by atoms with Crippen molar-refractivity contribution < 1.29 is 4.74 Å². The van der Waals surface area contributed by atoms with E-state index in [1.54, 1.807) is 5.56 Å². The highest BCUT2D eigenvalue weighted by Crippen LogP contribution is 2.53. The van der Waals surface area contributed by atoms with E-state index in [9.17, 15) is 0 Å². The normalized spacial score (nSPS) is 22.5. The fraction of sp³-hybridized carbons (Fsp3) is 0.667. The van der Waals surface area contributed by atoms with E-state index in [1.807, 2.05) is 0 Å². The summed E-state index contributed by atoms with van der Waals surface area (Å²) < 4.78 is 5.86. The molecule has 0 bridgehead atoms. The molecule has 2 aromatic rings. The SMILES string of the molecule is CCCCCC1([C@H]2CC[C@H](C(C)c3ccc(-c4ccc(OCCCC)cc4)c(C)c3)CC2)CCCCC1. The molecular formula is C36H54O. The van der Waals surface area contributed by atoms with Crippen LogP contribution in [0.25, 0.3) is 11.1 Å². The lowest BCUT2D eigenvalue weighted by molar-refractivity contribution is 0.0409. The molecule has 0 N–H and O–H groups in total. The van der Waals surface area contributed by atoms with Gasteiger partial charge in [0.1, 0.15) is 5.75 Å². The van der Waals surface area contributed by atoms with Crippen LogP contribution in [0, 0.1) is 24.2 Å². The number of aryl methyl sites for hydroxylation is 1. The third-order valence-corrected chi connectivity index (χ3v) is 10.2. The molecule has 37 heavy (non-hydrogen) atoms. The maximum atomic E-state index is 5.86. The second kappa shape index (κ2) is 13.9. The molecule has 2 saturated carbocycles. The Bertz CT molecular complexity index is 928. The van der Waals surface area contributed by atoms with Crippen LogP contribution in [0.1, 0.15) is 134 Å². The molecular weight excluding hydrogens is 448 g/mol. The summed E-state index contributed by atoms with van der Waals surface area (Å²) in [6, 6.07) is 15.9. The molecule has 1 heteroatoms. The Labute approximate surface area is 228 Å². The van der Waals surface area contributed by atoms with Gasteiger partial charge in [0, 0.05) is 0 Å². The third kappa shape index (κ3) is 7.21. The van der Waals surface area contributed by atoms with E-state index in [1.165, 1.54) is 107 Å². The van der Waals surface area contributed by atoms with Gasteiger partial charge in [0.25, 0.3) is 0 Å². The van der Waals surface area contributed by atoms with Crippen molar-refractivity contribution in [1.82, 2.24) is 0 Å². The summed E-state index contributed by atoms with van der Waals surface area (Å²) in [4.78, 5) is 0. The van der Waals surface area contributed by atoms with Crippen LogP contribution in [0.4, 0.5) is 0 Å². The van der Waals surface area contributed by atoms with Crippen molar-refractivity contribution in [3.05, 3.63) is 53.6 Å². The summed E-state index contributed by atoms with van der Waals surface area (Å²) in [6.45, 7) is 10.2. The Morgan fingerprint density at radius 2 is 1.54 bits per heavy atom. The summed E-state index contributed by atoms with van der Waals surface area (Å²) in [5, 5.41) is 0. The van der Waals surface area contributed by atoms with Crippen molar-refractivity contribution in [3.8, 4) is 16.9 Å². The number of benzene rings is 2. The maximum absolute atomic E-state index is 5.86. The highest BCUT2D eigenvalue weighted by atomic mass is 16.5. The molecule has 0 heterocycles. The molecule has 2 aliphatic rings. The minimum atomic E-state index is 0.658. The van der Waals surface area contributed by atoms with Gasteiger partial charge in [-0.2, -0.15) is 0 Å². The zero-order chi connectivity index (χ0) is 26.1. The first-order valence-corrected chi connectivity index (χ1v) is 15.9. The molecule has 0 saturated heterocycles. The molecule has 204 valence electrons. The zero-order valence-electron chi connectivity index (χ0n) is 24.5. The fourth-order valence-electron chi connectivity index (χ4n) is 7.71. The van der Waals surface area contributed by atoms with Crippen molar-refractivity contribution >= 4 is 0 Å². The van der Waals surface area contributed by atoms with Crippen molar-refractivity contribution in [2.45, 2.75) is 130 Å². The highest BCUT2D eigenvalue weighted by molar-refractivity contribution is 5.68. The van der Waals surface area contributed by atoms with Crippen LogP contribution in [-0.4, -0.2) is 6.61 Å². The van der Waals surface area contributed by atoms with Crippen LogP contribution < -0.4 is 4.74 Å². The Hall–Kier alpha value is -1.76. The number of unbranched alkanes of at least 4 members (excludes halogenated alkanes) is 3. The summed E-state index contributed by atoms with van der Waals surface area (Å²) in [7, 11) is 0. The lowest BCUT2D eigenvalue weighted by atomic mass is 9.58. The molecule has 1 nitrogen and oxygen atoms in total. The van der Waals surface area contributed by atoms with Gasteiger partial charge in [0.15, 0.2) is 0 Å². The maximum Gasteiger partial charge on any atom is 0.119 e. The Kier molecular flexibility index (Phi) is 10.6. The van der Waals surface area contributed by atoms with Crippen molar-refractivity contribution in [1.29, 1.82) is 0 Å². The Morgan fingerprint density at radius 1 is 0.838 bits per heavy atom. The Balaban J connectivity index is 1.36. The molecule has 0 radical (unpaired) electrons. The minimum Gasteiger partial charge on any atom is -0.494 e. The topological polar surface area (TPSA) is 9.23 Å². The van der Waals surface area contributed by atoms with E-state index < -0.39 is 0 Å². The Morgan fingerprint density at radius 3 is 2.19 bits per heavy atom. The first kappa shape index (κ1) is 28.3. The number of hydrogen-bond donors (Lipinski definition) is 0. The van der Waals surface area contributed by atoms with Crippen LogP contribution in [-0.2, 0) is 0 Å². The van der Waals surface area contributed by atoms with E-state index in [-0.39, 0.29) is 0 Å². The average molecular weight is 503 g/mol. The fourth-order valence-corrected chi connectivity index (χ4v) is 7.71. The number of rotatable bonds is 12. The van der Waals surface area contributed by atoms with Crippen LogP contribution >= 0.6 is 0 Å². The average Bonchev–Trinajstić information content (AvgIpc) is 2.94. The first-order valence-electron chi connectivity index (χ1n) is 15.9. The second-order valence-corrected chi connectivity index (χ2v) is 12.6. The number of ether oxygens (including phenoxy) is 1. The van der Waals surface area contributed by atoms with Crippen molar-refractivity contribution in [3.63, 3.8) is 0 Å². The van der Waals surface area contributed by atoms with Crippen LogP contribution in [0.15, 0.2) is 42.5 Å². The quantitative estimate of drug-likeness (QED) is 0.262. The predicted octanol–water partition coefficient (Wildman–Crippen LogP) is 11.3. The van der Waals surface area contributed by atoms with Gasteiger partial charge >= 0.3 is 0 Å². The van der Waals surface area contributed by atoms with Crippen LogP contribution in [0.2, 0.25) is 0 Å². The molecule has 1 atom stereocenters. The zero-order valence-corrected chi connectivity index (χ0v) is 24.5. The summed E-state index contributed by atoms with van der Waals surface area (Å²) in [5.74, 6) is 3.48. The van der Waals surface area contributed by atoms with Gasteiger partial charge in [-0.15, -0.1) is 0 Å². The molecule has 1 unspecified atom stereocenters. The standard InChI is InChI=1S/C36H54O/c1-5-7-10-23-36(24-11-9-12-25-36)33-18-13-30(14-19-33)29(4)32-17-22-35(28(3)27-32)31-15-20-34(21-16-31)37-26-8-6-2/h15-17,20-22,27,29-30,33H,5-14,18-19,23-26H2,1-4H3/t29?,30-,33-. The van der Waals surface area contributed by atoms with Gasteiger partial charge in [-0.25, -0.2) is 0 Å². The van der Waals surface area contributed by atoms with Gasteiger partial charge in [-0.1, -0.05) is 96.0 Å². The summed E-state index contributed by atoms with van der Waals surface area (Å²) in [6.07, 6.45) is 21.4. The van der Waals surface area contributed by atoms with Gasteiger partial charge in [0.2, 0.25) is 0 Å². The van der Waals surface area contributed by atoms with Crippen molar-refractivity contribution in [2.75, 3.05) is 6.61 Å². The second-order valence-electron chi connectivity index (χ2n) is 12.6. The lowest BCUT2D eigenvalue weighted by Gasteiger charge is -2.47. The molecule has 0 amide bonds. The van der Waals surface area contributed by atoms with Gasteiger partial charge in [-0.3, -0.25) is 0 Å². The van der Waals surface area contributed by atoms with Crippen LogP contribution in [0.3, 0.4) is 0 Å². The van der Waals surface area contributed by atoms with Gasteiger partial charge < -0.3 is 4.74 Å². The van der Waals surface area contributed by atoms with Gasteiger partial charge in [0.05, 0.1) is 6.61 Å². The van der Waals surface area contributed by atoms with Crippen LogP contribution in [0.5, 0.6) is 5.75 Å².